The van der Waals surface area contributed by atoms with Gasteiger partial charge in [-0.3, -0.25) is 14.4 Å². The van der Waals surface area contributed by atoms with Crippen molar-refractivity contribution in [3.05, 3.63) is 67.6 Å². The summed E-state index contributed by atoms with van der Waals surface area (Å²) in [5.74, 6) is -0.704. The molecular formula is C22H22N2O4. The first kappa shape index (κ1) is 19.6. The molecule has 6 heteroatoms. The highest BCUT2D eigenvalue weighted by molar-refractivity contribution is 5.98. The molecule has 0 saturated heterocycles. The van der Waals surface area contributed by atoms with Gasteiger partial charge in [-0.1, -0.05) is 12.1 Å². The van der Waals surface area contributed by atoms with E-state index in [1.54, 1.807) is 19.9 Å². The van der Waals surface area contributed by atoms with Crippen molar-refractivity contribution in [2.24, 2.45) is 0 Å². The van der Waals surface area contributed by atoms with E-state index in [2.05, 4.69) is 4.98 Å². The Balaban J connectivity index is 1.58. The molecule has 6 nitrogen and oxygen atoms in total. The highest BCUT2D eigenvalue weighted by Crippen LogP contribution is 2.23. The van der Waals surface area contributed by atoms with E-state index in [9.17, 15) is 14.4 Å². The summed E-state index contributed by atoms with van der Waals surface area (Å²) in [5.41, 5.74) is 4.64. The van der Waals surface area contributed by atoms with Crippen LogP contribution in [0.15, 0.2) is 23.0 Å². The molecule has 0 amide bonds. The van der Waals surface area contributed by atoms with E-state index in [4.69, 9.17) is 10.00 Å². The van der Waals surface area contributed by atoms with E-state index in [1.165, 1.54) is 11.1 Å². The number of H-pyrrole nitrogens is 1. The summed E-state index contributed by atoms with van der Waals surface area (Å²) in [7, 11) is 0. The molecule has 0 saturated carbocycles. The van der Waals surface area contributed by atoms with Crippen LogP contribution in [-0.4, -0.2) is 23.3 Å². The molecule has 3 rings (SSSR count). The van der Waals surface area contributed by atoms with Gasteiger partial charge in [-0.2, -0.15) is 5.26 Å². The van der Waals surface area contributed by atoms with Crippen molar-refractivity contribution in [3.63, 3.8) is 0 Å². The number of nitrogens with one attached hydrogen (secondary N) is 1. The number of ether oxygens (including phenoxy) is 1. The average molecular weight is 378 g/mol. The zero-order valence-corrected chi connectivity index (χ0v) is 16.1. The highest BCUT2D eigenvalue weighted by Gasteiger charge is 2.17. The number of fused-ring (bicyclic) bond motifs is 1. The third kappa shape index (κ3) is 4.04. The number of esters is 1. The van der Waals surface area contributed by atoms with Crippen molar-refractivity contribution in [2.45, 2.75) is 46.0 Å². The lowest BCUT2D eigenvalue weighted by molar-refractivity contribution is -0.142. The van der Waals surface area contributed by atoms with Crippen molar-refractivity contribution < 1.29 is 14.3 Å². The summed E-state index contributed by atoms with van der Waals surface area (Å²) in [6.07, 6.45) is 3.54. The summed E-state index contributed by atoms with van der Waals surface area (Å²) < 4.78 is 5.13. The van der Waals surface area contributed by atoms with Gasteiger partial charge in [-0.25, -0.2) is 0 Å². The fraction of sp³-hybridized carbons (Fsp3) is 0.364. The number of ketones is 1. The Morgan fingerprint density at radius 3 is 2.71 bits per heavy atom. The molecule has 0 radical (unpaired) electrons. The van der Waals surface area contributed by atoms with Gasteiger partial charge in [0, 0.05) is 17.7 Å². The molecule has 1 aromatic carbocycles. The summed E-state index contributed by atoms with van der Waals surface area (Å²) in [6.45, 7) is 3.14. The Bertz CT molecular complexity index is 1040. The van der Waals surface area contributed by atoms with Gasteiger partial charge in [-0.05, 0) is 67.9 Å². The number of nitrogens with zero attached hydrogens (tertiary/aromatic N) is 1. The van der Waals surface area contributed by atoms with Crippen LogP contribution in [0, 0.1) is 25.2 Å². The van der Waals surface area contributed by atoms with Crippen LogP contribution in [0.4, 0.5) is 0 Å². The fourth-order valence-electron chi connectivity index (χ4n) is 3.69. The Hall–Kier alpha value is -3.20. The number of aryl methyl sites for hydroxylation is 3. The predicted octanol–water partition coefficient (Wildman–Crippen LogP) is 2.71. The highest BCUT2D eigenvalue weighted by atomic mass is 16.5. The molecule has 1 aliphatic carbocycles. The van der Waals surface area contributed by atoms with Crippen molar-refractivity contribution in [3.8, 4) is 6.07 Å². The lowest BCUT2D eigenvalue weighted by Gasteiger charge is -2.11. The molecule has 0 unspecified atom stereocenters. The van der Waals surface area contributed by atoms with E-state index in [0.29, 0.717) is 23.2 Å². The maximum absolute atomic E-state index is 12.3. The topological polar surface area (TPSA) is 100 Å². The van der Waals surface area contributed by atoms with Gasteiger partial charge in [0.1, 0.15) is 11.6 Å². The minimum absolute atomic E-state index is 0.0563. The Morgan fingerprint density at radius 1 is 1.21 bits per heavy atom. The number of carbonyl (C=O) groups is 2. The van der Waals surface area contributed by atoms with Crippen LogP contribution in [0.3, 0.4) is 0 Å². The van der Waals surface area contributed by atoms with Crippen molar-refractivity contribution in [1.82, 2.24) is 4.98 Å². The molecular weight excluding hydrogens is 356 g/mol. The summed E-state index contributed by atoms with van der Waals surface area (Å²) in [4.78, 5) is 38.8. The third-order valence-corrected chi connectivity index (χ3v) is 5.28. The number of benzene rings is 1. The minimum Gasteiger partial charge on any atom is -0.457 e. The first-order valence-electron chi connectivity index (χ1n) is 9.33. The number of pyridine rings is 1. The zero-order chi connectivity index (χ0) is 20.3. The number of nitriles is 1. The summed E-state index contributed by atoms with van der Waals surface area (Å²) in [6, 6.07) is 7.55. The second-order valence-corrected chi connectivity index (χ2v) is 7.09. The molecule has 1 N–H and O–H groups in total. The molecule has 1 aliphatic rings. The standard InChI is InChI=1S/C22H22N2O4/c1-13-18(14(2)24-22(27)19(13)11-23)8-9-21(26)28-12-20(25)17-7-6-15-4-3-5-16(15)10-17/h6-7,10H,3-5,8-9,12H2,1-2H3,(H,24,27). The van der Waals surface area contributed by atoms with Gasteiger partial charge in [-0.15, -0.1) is 0 Å². The van der Waals surface area contributed by atoms with Crippen LogP contribution in [0.5, 0.6) is 0 Å². The van der Waals surface area contributed by atoms with Crippen molar-refractivity contribution in [1.29, 1.82) is 5.26 Å². The van der Waals surface area contributed by atoms with E-state index in [1.807, 2.05) is 18.2 Å². The Morgan fingerprint density at radius 2 is 1.96 bits per heavy atom. The molecule has 0 bridgehead atoms. The van der Waals surface area contributed by atoms with E-state index >= 15 is 0 Å². The van der Waals surface area contributed by atoms with Gasteiger partial charge in [0.05, 0.1) is 0 Å². The SMILES string of the molecule is Cc1[nH]c(=O)c(C#N)c(C)c1CCC(=O)OCC(=O)c1ccc2c(c1)CCC2. The van der Waals surface area contributed by atoms with Gasteiger partial charge in [0.15, 0.2) is 12.4 Å². The third-order valence-electron chi connectivity index (χ3n) is 5.28. The first-order chi connectivity index (χ1) is 13.4. The second-order valence-electron chi connectivity index (χ2n) is 7.09. The molecule has 0 spiro atoms. The molecule has 0 fully saturated rings. The smallest absolute Gasteiger partial charge is 0.306 e. The van der Waals surface area contributed by atoms with Crippen LogP contribution < -0.4 is 5.56 Å². The summed E-state index contributed by atoms with van der Waals surface area (Å²) in [5, 5.41) is 9.10. The normalized spacial score (nSPS) is 12.3. The maximum atomic E-state index is 12.3. The number of Topliss-reactive ketones (excluding diaryl/α,β-unsaturated/α-hetero) is 1. The molecule has 144 valence electrons. The zero-order valence-electron chi connectivity index (χ0n) is 16.1. The summed E-state index contributed by atoms with van der Waals surface area (Å²) >= 11 is 0. The van der Waals surface area contributed by atoms with Gasteiger partial charge >= 0.3 is 5.97 Å². The monoisotopic (exact) mass is 378 g/mol. The van der Waals surface area contributed by atoms with Crippen LogP contribution in [-0.2, 0) is 28.8 Å². The number of hydrogen-bond acceptors (Lipinski definition) is 5. The number of carbonyl (C=O) groups excluding carboxylic acids is 2. The second kappa shape index (κ2) is 8.22. The van der Waals surface area contributed by atoms with Gasteiger partial charge in [0.2, 0.25) is 0 Å². The van der Waals surface area contributed by atoms with Crippen molar-refractivity contribution in [2.75, 3.05) is 6.61 Å². The van der Waals surface area contributed by atoms with Crippen LogP contribution >= 0.6 is 0 Å². The Kier molecular flexibility index (Phi) is 5.74. The first-order valence-corrected chi connectivity index (χ1v) is 9.33. The number of rotatable bonds is 6. The predicted molar refractivity (Wildman–Crippen MR) is 103 cm³/mol. The molecule has 28 heavy (non-hydrogen) atoms. The average Bonchev–Trinajstić information content (AvgIpc) is 3.13. The molecule has 0 aliphatic heterocycles. The van der Waals surface area contributed by atoms with Crippen LogP contribution in [0.1, 0.15) is 56.7 Å². The lowest BCUT2D eigenvalue weighted by atomic mass is 9.99. The van der Waals surface area contributed by atoms with E-state index in [-0.39, 0.29) is 24.4 Å². The van der Waals surface area contributed by atoms with Gasteiger partial charge in [0.25, 0.3) is 5.56 Å². The Labute approximate surface area is 163 Å². The van der Waals surface area contributed by atoms with E-state index in [0.717, 1.165) is 24.8 Å². The fourth-order valence-corrected chi connectivity index (χ4v) is 3.69. The minimum atomic E-state index is -0.488. The molecule has 1 aromatic heterocycles. The quantitative estimate of drug-likeness (QED) is 0.615. The molecule has 2 aromatic rings. The van der Waals surface area contributed by atoms with E-state index < -0.39 is 11.5 Å². The molecule has 1 heterocycles. The number of hydrogen-bond donors (Lipinski definition) is 1. The van der Waals surface area contributed by atoms with Crippen molar-refractivity contribution >= 4 is 11.8 Å². The van der Waals surface area contributed by atoms with Crippen LogP contribution in [0.25, 0.3) is 0 Å². The maximum Gasteiger partial charge on any atom is 0.306 e. The van der Waals surface area contributed by atoms with Gasteiger partial charge < -0.3 is 9.72 Å². The number of aromatic nitrogens is 1. The largest absolute Gasteiger partial charge is 0.457 e. The lowest BCUT2D eigenvalue weighted by Crippen LogP contribution is -2.18. The number of aromatic amines is 1. The van der Waals surface area contributed by atoms with Crippen LogP contribution in [0.2, 0.25) is 0 Å². The molecule has 0 atom stereocenters.